The third kappa shape index (κ3) is 5.02. The maximum absolute atomic E-state index is 5.82. The number of hydrogen-bond donors (Lipinski definition) is 1. The van der Waals surface area contributed by atoms with Crippen LogP contribution in [0.15, 0.2) is 29.6 Å². The molecule has 0 aliphatic heterocycles. The number of rotatable bonds is 8. The fourth-order valence-corrected chi connectivity index (χ4v) is 2.49. The van der Waals surface area contributed by atoms with Crippen molar-refractivity contribution in [3.8, 4) is 11.5 Å². The maximum Gasteiger partial charge on any atom is 0.161 e. The molecule has 0 amide bonds. The molecule has 0 bridgehead atoms. The lowest BCUT2D eigenvalue weighted by atomic mass is 10.3. The van der Waals surface area contributed by atoms with Crippen LogP contribution in [0.1, 0.15) is 31.5 Å². The molecule has 0 atom stereocenters. The molecule has 0 saturated heterocycles. The first kappa shape index (κ1) is 15.8. The van der Waals surface area contributed by atoms with Gasteiger partial charge in [-0.05, 0) is 19.1 Å². The van der Waals surface area contributed by atoms with E-state index >= 15 is 0 Å². The van der Waals surface area contributed by atoms with Crippen molar-refractivity contribution in [3.05, 3.63) is 40.3 Å². The van der Waals surface area contributed by atoms with E-state index in [2.05, 4.69) is 29.5 Å². The first-order valence-electron chi connectivity index (χ1n) is 7.20. The van der Waals surface area contributed by atoms with Crippen LogP contribution in [0, 0.1) is 0 Å². The number of nitrogens with zero attached hydrogens (tertiary/aromatic N) is 1. The van der Waals surface area contributed by atoms with Crippen LogP contribution in [-0.2, 0) is 13.2 Å². The molecule has 5 heteroatoms. The van der Waals surface area contributed by atoms with Crippen LogP contribution in [0.25, 0.3) is 0 Å². The van der Waals surface area contributed by atoms with Gasteiger partial charge in [0.15, 0.2) is 11.5 Å². The predicted octanol–water partition coefficient (Wildman–Crippen LogP) is 3.62. The molecule has 4 nitrogen and oxygen atoms in total. The molecule has 1 heterocycles. The Labute approximate surface area is 130 Å². The zero-order valence-electron chi connectivity index (χ0n) is 12.8. The number of para-hydroxylation sites is 2. The summed E-state index contributed by atoms with van der Waals surface area (Å²) in [6, 6.07) is 8.18. The van der Waals surface area contributed by atoms with Crippen LogP contribution >= 0.6 is 11.3 Å². The summed E-state index contributed by atoms with van der Waals surface area (Å²) < 4.78 is 11.4. The van der Waals surface area contributed by atoms with Gasteiger partial charge in [-0.3, -0.25) is 0 Å². The molecule has 114 valence electrons. The lowest BCUT2D eigenvalue weighted by Gasteiger charge is -2.10. The number of benzene rings is 1. The van der Waals surface area contributed by atoms with Gasteiger partial charge in [0.1, 0.15) is 11.6 Å². The van der Waals surface area contributed by atoms with Crippen molar-refractivity contribution in [3.63, 3.8) is 0 Å². The third-order valence-electron chi connectivity index (χ3n) is 2.79. The highest BCUT2D eigenvalue weighted by molar-refractivity contribution is 7.09. The Hall–Kier alpha value is -1.59. The number of ether oxygens (including phenoxy) is 2. The molecule has 1 aromatic carbocycles. The first-order valence-corrected chi connectivity index (χ1v) is 8.08. The summed E-state index contributed by atoms with van der Waals surface area (Å²) >= 11 is 1.62. The zero-order chi connectivity index (χ0) is 15.1. The van der Waals surface area contributed by atoms with E-state index in [1.165, 1.54) is 0 Å². The van der Waals surface area contributed by atoms with Crippen molar-refractivity contribution < 1.29 is 9.47 Å². The van der Waals surface area contributed by atoms with Gasteiger partial charge < -0.3 is 14.8 Å². The SMILES string of the molecule is CCOc1ccccc1OCc1nc(CNC(C)C)cs1. The summed E-state index contributed by atoms with van der Waals surface area (Å²) in [5.74, 6) is 1.54. The van der Waals surface area contributed by atoms with Crippen molar-refractivity contribution in [2.75, 3.05) is 6.61 Å². The topological polar surface area (TPSA) is 43.4 Å². The second-order valence-electron chi connectivity index (χ2n) is 4.94. The third-order valence-corrected chi connectivity index (χ3v) is 3.66. The largest absolute Gasteiger partial charge is 0.490 e. The first-order chi connectivity index (χ1) is 10.2. The molecule has 2 rings (SSSR count). The van der Waals surface area contributed by atoms with Crippen molar-refractivity contribution in [1.29, 1.82) is 0 Å². The highest BCUT2D eigenvalue weighted by Gasteiger charge is 2.07. The highest BCUT2D eigenvalue weighted by atomic mass is 32.1. The summed E-state index contributed by atoms with van der Waals surface area (Å²) in [4.78, 5) is 4.56. The van der Waals surface area contributed by atoms with Crippen molar-refractivity contribution in [1.82, 2.24) is 10.3 Å². The number of hydrogen-bond acceptors (Lipinski definition) is 5. The van der Waals surface area contributed by atoms with E-state index in [4.69, 9.17) is 9.47 Å². The smallest absolute Gasteiger partial charge is 0.161 e. The van der Waals surface area contributed by atoms with E-state index in [0.29, 0.717) is 19.3 Å². The van der Waals surface area contributed by atoms with E-state index in [1.54, 1.807) is 11.3 Å². The van der Waals surface area contributed by atoms with Gasteiger partial charge in [-0.25, -0.2) is 4.98 Å². The fourth-order valence-electron chi connectivity index (χ4n) is 1.79. The second kappa shape index (κ2) is 8.00. The fraction of sp³-hybridized carbons (Fsp3) is 0.438. The van der Waals surface area contributed by atoms with Crippen LogP contribution in [0.2, 0.25) is 0 Å². The highest BCUT2D eigenvalue weighted by Crippen LogP contribution is 2.27. The van der Waals surface area contributed by atoms with Crippen LogP contribution in [-0.4, -0.2) is 17.6 Å². The van der Waals surface area contributed by atoms with Gasteiger partial charge in [0.05, 0.1) is 12.3 Å². The van der Waals surface area contributed by atoms with E-state index in [0.717, 1.165) is 28.7 Å². The summed E-state index contributed by atoms with van der Waals surface area (Å²) in [7, 11) is 0. The van der Waals surface area contributed by atoms with Crippen LogP contribution < -0.4 is 14.8 Å². The molecule has 21 heavy (non-hydrogen) atoms. The Morgan fingerprint density at radius 3 is 2.57 bits per heavy atom. The number of nitrogens with one attached hydrogen (secondary N) is 1. The molecule has 1 N–H and O–H groups in total. The molecule has 0 radical (unpaired) electrons. The summed E-state index contributed by atoms with van der Waals surface area (Å²) in [5.41, 5.74) is 1.06. The van der Waals surface area contributed by atoms with E-state index in [1.807, 2.05) is 31.2 Å². The van der Waals surface area contributed by atoms with Gasteiger partial charge in [0.25, 0.3) is 0 Å². The molecule has 0 unspecified atom stereocenters. The minimum Gasteiger partial charge on any atom is -0.490 e. The molecule has 2 aromatic rings. The predicted molar refractivity (Wildman–Crippen MR) is 86.0 cm³/mol. The molecular weight excluding hydrogens is 284 g/mol. The van der Waals surface area contributed by atoms with Gasteiger partial charge in [0.2, 0.25) is 0 Å². The zero-order valence-corrected chi connectivity index (χ0v) is 13.6. The Balaban J connectivity index is 1.91. The average molecular weight is 306 g/mol. The van der Waals surface area contributed by atoms with Gasteiger partial charge in [-0.15, -0.1) is 11.3 Å². The van der Waals surface area contributed by atoms with Crippen molar-refractivity contribution in [2.24, 2.45) is 0 Å². The molecule has 0 aliphatic rings. The van der Waals surface area contributed by atoms with Gasteiger partial charge >= 0.3 is 0 Å². The monoisotopic (exact) mass is 306 g/mol. The van der Waals surface area contributed by atoms with Crippen molar-refractivity contribution in [2.45, 2.75) is 40.0 Å². The molecule has 0 spiro atoms. The van der Waals surface area contributed by atoms with E-state index in [-0.39, 0.29) is 0 Å². The number of thiazole rings is 1. The van der Waals surface area contributed by atoms with Gasteiger partial charge in [0, 0.05) is 18.0 Å². The Kier molecular flexibility index (Phi) is 6.02. The Bertz CT molecular complexity index is 555. The summed E-state index contributed by atoms with van der Waals surface area (Å²) in [6.07, 6.45) is 0. The summed E-state index contributed by atoms with van der Waals surface area (Å²) in [5, 5.41) is 6.40. The number of aromatic nitrogens is 1. The summed E-state index contributed by atoms with van der Waals surface area (Å²) in [6.45, 7) is 8.11. The normalized spacial score (nSPS) is 10.9. The quantitative estimate of drug-likeness (QED) is 0.809. The van der Waals surface area contributed by atoms with Gasteiger partial charge in [-0.2, -0.15) is 0 Å². The minimum atomic E-state index is 0.462. The molecule has 1 aromatic heterocycles. The van der Waals surface area contributed by atoms with Crippen LogP contribution in [0.5, 0.6) is 11.5 Å². The van der Waals surface area contributed by atoms with Crippen LogP contribution in [0.3, 0.4) is 0 Å². The Morgan fingerprint density at radius 2 is 1.90 bits per heavy atom. The molecule has 0 aliphatic carbocycles. The lowest BCUT2D eigenvalue weighted by molar-refractivity contribution is 0.269. The lowest BCUT2D eigenvalue weighted by Crippen LogP contribution is -2.21. The molecular formula is C16H22N2O2S. The Morgan fingerprint density at radius 1 is 1.19 bits per heavy atom. The molecule has 0 saturated carbocycles. The average Bonchev–Trinajstić information content (AvgIpc) is 2.92. The maximum atomic E-state index is 5.82. The van der Waals surface area contributed by atoms with E-state index in [9.17, 15) is 0 Å². The minimum absolute atomic E-state index is 0.462. The van der Waals surface area contributed by atoms with Crippen LogP contribution in [0.4, 0.5) is 0 Å². The van der Waals surface area contributed by atoms with Crippen molar-refractivity contribution >= 4 is 11.3 Å². The standard InChI is InChI=1S/C16H22N2O2S/c1-4-19-14-7-5-6-8-15(14)20-10-16-18-13(11-21-16)9-17-12(2)3/h5-8,11-12,17H,4,9-10H2,1-3H3. The second-order valence-corrected chi connectivity index (χ2v) is 5.88. The van der Waals surface area contributed by atoms with E-state index < -0.39 is 0 Å². The van der Waals surface area contributed by atoms with Gasteiger partial charge in [-0.1, -0.05) is 26.0 Å². The molecule has 0 fully saturated rings.